The van der Waals surface area contributed by atoms with Crippen LogP contribution in [0.1, 0.15) is 11.1 Å². The zero-order chi connectivity index (χ0) is 9.68. The summed E-state index contributed by atoms with van der Waals surface area (Å²) in [6, 6.07) is 5.85. The summed E-state index contributed by atoms with van der Waals surface area (Å²) in [6.45, 7) is 3.54. The molecule has 0 aromatic heterocycles. The number of hydrogen-bond donors (Lipinski definition) is 2. The van der Waals surface area contributed by atoms with Crippen molar-refractivity contribution >= 4 is 11.6 Å². The van der Waals surface area contributed by atoms with Gasteiger partial charge >= 0.3 is 0 Å². The minimum atomic E-state index is 0.166. The molecule has 1 aromatic rings. The van der Waals surface area contributed by atoms with Crippen molar-refractivity contribution in [2.75, 3.05) is 13.2 Å². The topological polar surface area (TPSA) is 32.3 Å². The minimum Gasteiger partial charge on any atom is -0.395 e. The van der Waals surface area contributed by atoms with Crippen molar-refractivity contribution in [1.82, 2.24) is 5.32 Å². The van der Waals surface area contributed by atoms with E-state index in [0.29, 0.717) is 6.54 Å². The van der Waals surface area contributed by atoms with Crippen LogP contribution in [0.4, 0.5) is 0 Å². The molecule has 1 aromatic carbocycles. The molecule has 0 atom stereocenters. The fourth-order valence-corrected chi connectivity index (χ4v) is 1.34. The Morgan fingerprint density at radius 2 is 2.23 bits per heavy atom. The van der Waals surface area contributed by atoms with E-state index in [1.165, 1.54) is 5.56 Å². The van der Waals surface area contributed by atoms with Crippen molar-refractivity contribution in [3.05, 3.63) is 34.3 Å². The van der Waals surface area contributed by atoms with Gasteiger partial charge in [-0.3, -0.25) is 0 Å². The summed E-state index contributed by atoms with van der Waals surface area (Å²) in [7, 11) is 0. The van der Waals surface area contributed by atoms with Gasteiger partial charge in [0.2, 0.25) is 0 Å². The summed E-state index contributed by atoms with van der Waals surface area (Å²) in [5.41, 5.74) is 2.29. The van der Waals surface area contributed by atoms with Gasteiger partial charge in [0.1, 0.15) is 0 Å². The van der Waals surface area contributed by atoms with Crippen LogP contribution in [0.5, 0.6) is 0 Å². The first kappa shape index (κ1) is 10.5. The van der Waals surface area contributed by atoms with Crippen molar-refractivity contribution in [3.63, 3.8) is 0 Å². The Morgan fingerprint density at radius 1 is 1.46 bits per heavy atom. The number of benzene rings is 1. The highest BCUT2D eigenvalue weighted by atomic mass is 35.5. The molecule has 0 aliphatic heterocycles. The summed E-state index contributed by atoms with van der Waals surface area (Å²) in [5.74, 6) is 0. The van der Waals surface area contributed by atoms with E-state index in [-0.39, 0.29) is 6.61 Å². The zero-order valence-corrected chi connectivity index (χ0v) is 8.43. The standard InChI is InChI=1S/C10H14ClNO/c1-8-9(7-12-5-6-13)3-2-4-10(8)11/h2-4,12-13H,5-7H2,1H3. The van der Waals surface area contributed by atoms with Crippen molar-refractivity contribution in [2.24, 2.45) is 0 Å². The number of aliphatic hydroxyl groups is 1. The Bertz CT molecular complexity index is 276. The van der Waals surface area contributed by atoms with Crippen LogP contribution in [0.25, 0.3) is 0 Å². The Morgan fingerprint density at radius 3 is 2.92 bits per heavy atom. The molecule has 0 saturated carbocycles. The fraction of sp³-hybridized carbons (Fsp3) is 0.400. The molecule has 3 heteroatoms. The SMILES string of the molecule is Cc1c(Cl)cccc1CNCCO. The quantitative estimate of drug-likeness (QED) is 0.724. The Hall–Kier alpha value is -0.570. The Kier molecular flexibility index (Phi) is 4.22. The first-order chi connectivity index (χ1) is 6.25. The lowest BCUT2D eigenvalue weighted by atomic mass is 10.1. The average Bonchev–Trinajstić information content (AvgIpc) is 2.13. The summed E-state index contributed by atoms with van der Waals surface area (Å²) in [5, 5.41) is 12.5. The van der Waals surface area contributed by atoms with Gasteiger partial charge in [0.15, 0.2) is 0 Å². The summed E-state index contributed by atoms with van der Waals surface area (Å²) < 4.78 is 0. The van der Waals surface area contributed by atoms with E-state index in [1.54, 1.807) is 0 Å². The second-order valence-corrected chi connectivity index (χ2v) is 3.33. The summed E-state index contributed by atoms with van der Waals surface area (Å²) in [4.78, 5) is 0. The van der Waals surface area contributed by atoms with Gasteiger partial charge in [-0.05, 0) is 24.1 Å². The number of hydrogen-bond acceptors (Lipinski definition) is 2. The third-order valence-corrected chi connectivity index (χ3v) is 2.39. The monoisotopic (exact) mass is 199 g/mol. The second-order valence-electron chi connectivity index (χ2n) is 2.92. The lowest BCUT2D eigenvalue weighted by Crippen LogP contribution is -2.18. The lowest BCUT2D eigenvalue weighted by molar-refractivity contribution is 0.292. The van der Waals surface area contributed by atoms with Crippen LogP contribution in [0.2, 0.25) is 5.02 Å². The third kappa shape index (κ3) is 2.99. The first-order valence-corrected chi connectivity index (χ1v) is 4.69. The van der Waals surface area contributed by atoms with Crippen LogP contribution in [-0.2, 0) is 6.54 Å². The third-order valence-electron chi connectivity index (χ3n) is 1.98. The van der Waals surface area contributed by atoms with Gasteiger partial charge in [-0.25, -0.2) is 0 Å². The summed E-state index contributed by atoms with van der Waals surface area (Å²) >= 11 is 5.95. The molecule has 72 valence electrons. The molecule has 0 heterocycles. The predicted molar refractivity (Wildman–Crippen MR) is 55.0 cm³/mol. The Balaban J connectivity index is 2.61. The molecule has 0 amide bonds. The van der Waals surface area contributed by atoms with Crippen LogP contribution in [0.15, 0.2) is 18.2 Å². The van der Waals surface area contributed by atoms with E-state index in [0.717, 1.165) is 17.1 Å². The smallest absolute Gasteiger partial charge is 0.0556 e. The Labute approximate surface area is 83.5 Å². The molecule has 0 spiro atoms. The average molecular weight is 200 g/mol. The molecular weight excluding hydrogens is 186 g/mol. The van der Waals surface area contributed by atoms with E-state index in [1.807, 2.05) is 25.1 Å². The number of rotatable bonds is 4. The maximum Gasteiger partial charge on any atom is 0.0556 e. The molecule has 2 N–H and O–H groups in total. The molecule has 0 aliphatic rings. The van der Waals surface area contributed by atoms with Crippen molar-refractivity contribution in [1.29, 1.82) is 0 Å². The van der Waals surface area contributed by atoms with Gasteiger partial charge in [0.05, 0.1) is 6.61 Å². The molecular formula is C10H14ClNO. The highest BCUT2D eigenvalue weighted by molar-refractivity contribution is 6.31. The highest BCUT2D eigenvalue weighted by Gasteiger charge is 2.00. The molecule has 13 heavy (non-hydrogen) atoms. The predicted octanol–water partition coefficient (Wildman–Crippen LogP) is 1.73. The van der Waals surface area contributed by atoms with Crippen LogP contribution in [0, 0.1) is 6.92 Å². The molecule has 0 bridgehead atoms. The normalized spacial score (nSPS) is 10.4. The second kappa shape index (κ2) is 5.22. The van der Waals surface area contributed by atoms with E-state index in [2.05, 4.69) is 5.32 Å². The van der Waals surface area contributed by atoms with E-state index in [4.69, 9.17) is 16.7 Å². The van der Waals surface area contributed by atoms with Crippen molar-refractivity contribution in [3.8, 4) is 0 Å². The van der Waals surface area contributed by atoms with Crippen LogP contribution < -0.4 is 5.32 Å². The molecule has 0 radical (unpaired) electrons. The molecule has 0 fully saturated rings. The lowest BCUT2D eigenvalue weighted by Gasteiger charge is -2.07. The zero-order valence-electron chi connectivity index (χ0n) is 7.68. The van der Waals surface area contributed by atoms with Gasteiger partial charge in [0, 0.05) is 18.1 Å². The van der Waals surface area contributed by atoms with E-state index in [9.17, 15) is 0 Å². The molecule has 0 saturated heterocycles. The summed E-state index contributed by atoms with van der Waals surface area (Å²) in [6.07, 6.45) is 0. The van der Waals surface area contributed by atoms with E-state index < -0.39 is 0 Å². The number of aliphatic hydroxyl groups excluding tert-OH is 1. The largest absolute Gasteiger partial charge is 0.395 e. The molecule has 1 rings (SSSR count). The van der Waals surface area contributed by atoms with Gasteiger partial charge in [-0.15, -0.1) is 0 Å². The van der Waals surface area contributed by atoms with Crippen LogP contribution in [-0.4, -0.2) is 18.3 Å². The van der Waals surface area contributed by atoms with Gasteiger partial charge in [0.25, 0.3) is 0 Å². The van der Waals surface area contributed by atoms with Gasteiger partial charge < -0.3 is 10.4 Å². The molecule has 0 aliphatic carbocycles. The first-order valence-electron chi connectivity index (χ1n) is 4.31. The van der Waals surface area contributed by atoms with Crippen LogP contribution in [0.3, 0.4) is 0 Å². The van der Waals surface area contributed by atoms with Crippen molar-refractivity contribution in [2.45, 2.75) is 13.5 Å². The minimum absolute atomic E-state index is 0.166. The number of halogens is 1. The fourth-order valence-electron chi connectivity index (χ4n) is 1.15. The molecule has 2 nitrogen and oxygen atoms in total. The van der Waals surface area contributed by atoms with Gasteiger partial charge in [-0.2, -0.15) is 0 Å². The highest BCUT2D eigenvalue weighted by Crippen LogP contribution is 2.18. The molecule has 0 unspecified atom stereocenters. The van der Waals surface area contributed by atoms with E-state index >= 15 is 0 Å². The number of nitrogens with one attached hydrogen (secondary N) is 1. The van der Waals surface area contributed by atoms with Crippen LogP contribution >= 0.6 is 11.6 Å². The van der Waals surface area contributed by atoms with Crippen molar-refractivity contribution < 1.29 is 5.11 Å². The maximum absolute atomic E-state index is 8.58. The maximum atomic E-state index is 8.58. The van der Waals surface area contributed by atoms with Gasteiger partial charge in [-0.1, -0.05) is 23.7 Å².